The van der Waals surface area contributed by atoms with Gasteiger partial charge >= 0.3 is 0 Å². The number of nitrogens with zero attached hydrogens (tertiary/aromatic N) is 2. The maximum atomic E-state index is 12.4. The summed E-state index contributed by atoms with van der Waals surface area (Å²) in [4.78, 5) is 24.3. The summed E-state index contributed by atoms with van der Waals surface area (Å²) < 4.78 is 0.558. The van der Waals surface area contributed by atoms with Crippen molar-refractivity contribution >= 4 is 33.2 Å². The summed E-state index contributed by atoms with van der Waals surface area (Å²) in [5, 5.41) is 11.1. The van der Waals surface area contributed by atoms with Gasteiger partial charge in [-0.1, -0.05) is 34.1 Å². The maximum absolute atomic E-state index is 12.4. The second-order valence-corrected chi connectivity index (χ2v) is 5.03. The number of amides is 1. The summed E-state index contributed by atoms with van der Waals surface area (Å²) in [6, 6.07) is 13.4. The van der Waals surface area contributed by atoms with Crippen LogP contribution in [0.2, 0.25) is 0 Å². The molecule has 0 aliphatic heterocycles. The van der Waals surface area contributed by atoms with E-state index in [1.165, 1.54) is 17.0 Å². The van der Waals surface area contributed by atoms with E-state index >= 15 is 0 Å². The fourth-order valence-corrected chi connectivity index (χ4v) is 2.14. The zero-order valence-electron chi connectivity index (χ0n) is 10.6. The van der Waals surface area contributed by atoms with Gasteiger partial charge in [-0.15, -0.1) is 0 Å². The Balaban J connectivity index is 2.41. The highest BCUT2D eigenvalue weighted by Gasteiger charge is 2.23. The number of hydrogen-bond donors (Lipinski definition) is 0. The second kappa shape index (κ2) is 5.83. The number of nitro groups is 1. The monoisotopic (exact) mass is 334 g/mol. The third-order valence-electron chi connectivity index (χ3n) is 2.84. The standard InChI is InChI=1S/C14H11BrN2O3/c1-16(11-5-3-2-4-6-11)14(18)12-8-7-10(15)9-13(12)17(19)20/h2-9H,1H3. The van der Waals surface area contributed by atoms with Crippen LogP contribution in [-0.4, -0.2) is 17.9 Å². The minimum Gasteiger partial charge on any atom is -0.311 e. The number of para-hydroxylation sites is 1. The molecule has 0 fully saturated rings. The number of hydrogen-bond acceptors (Lipinski definition) is 3. The molecule has 0 aromatic heterocycles. The van der Waals surface area contributed by atoms with Gasteiger partial charge in [0.1, 0.15) is 5.56 Å². The molecule has 0 aliphatic rings. The second-order valence-electron chi connectivity index (χ2n) is 4.12. The van der Waals surface area contributed by atoms with Gasteiger partial charge in [0.15, 0.2) is 0 Å². The van der Waals surface area contributed by atoms with Crippen LogP contribution in [0, 0.1) is 10.1 Å². The topological polar surface area (TPSA) is 63.5 Å². The number of nitro benzene ring substituents is 1. The molecule has 2 aromatic rings. The molecule has 0 aliphatic carbocycles. The number of rotatable bonds is 3. The lowest BCUT2D eigenvalue weighted by Crippen LogP contribution is -2.26. The molecule has 102 valence electrons. The molecule has 2 aromatic carbocycles. The van der Waals surface area contributed by atoms with Crippen molar-refractivity contribution in [3.8, 4) is 0 Å². The first-order valence-electron chi connectivity index (χ1n) is 5.78. The van der Waals surface area contributed by atoms with E-state index in [2.05, 4.69) is 15.9 Å². The summed E-state index contributed by atoms with van der Waals surface area (Å²) in [5.74, 6) is -0.421. The quantitative estimate of drug-likeness (QED) is 0.635. The highest BCUT2D eigenvalue weighted by Crippen LogP contribution is 2.26. The Morgan fingerprint density at radius 3 is 2.45 bits per heavy atom. The lowest BCUT2D eigenvalue weighted by molar-refractivity contribution is -0.385. The first-order chi connectivity index (χ1) is 9.50. The third kappa shape index (κ3) is 2.85. The molecule has 1 amide bonds. The zero-order valence-corrected chi connectivity index (χ0v) is 12.2. The van der Waals surface area contributed by atoms with Crippen molar-refractivity contribution in [1.29, 1.82) is 0 Å². The van der Waals surface area contributed by atoms with Crippen molar-refractivity contribution in [3.63, 3.8) is 0 Å². The largest absolute Gasteiger partial charge is 0.311 e. The van der Waals surface area contributed by atoms with Crippen molar-refractivity contribution in [2.45, 2.75) is 0 Å². The van der Waals surface area contributed by atoms with Gasteiger partial charge in [-0.2, -0.15) is 0 Å². The van der Waals surface area contributed by atoms with Crippen LogP contribution in [0.4, 0.5) is 11.4 Å². The maximum Gasteiger partial charge on any atom is 0.283 e. The molecule has 0 saturated carbocycles. The summed E-state index contributed by atoms with van der Waals surface area (Å²) in [7, 11) is 1.59. The molecule has 6 heteroatoms. The van der Waals surface area contributed by atoms with Crippen molar-refractivity contribution in [2.24, 2.45) is 0 Å². The van der Waals surface area contributed by atoms with E-state index in [0.29, 0.717) is 10.2 Å². The number of benzene rings is 2. The number of halogens is 1. The summed E-state index contributed by atoms with van der Waals surface area (Å²) >= 11 is 3.17. The van der Waals surface area contributed by atoms with Gasteiger partial charge < -0.3 is 4.90 Å². The van der Waals surface area contributed by atoms with Crippen LogP contribution < -0.4 is 4.90 Å². The lowest BCUT2D eigenvalue weighted by atomic mass is 10.1. The normalized spacial score (nSPS) is 10.1. The van der Waals surface area contributed by atoms with Crippen LogP contribution in [0.3, 0.4) is 0 Å². The highest BCUT2D eigenvalue weighted by atomic mass is 79.9. The first kappa shape index (κ1) is 14.2. The van der Waals surface area contributed by atoms with Crippen molar-refractivity contribution in [2.75, 3.05) is 11.9 Å². The Morgan fingerprint density at radius 2 is 1.85 bits per heavy atom. The molecule has 0 bridgehead atoms. The first-order valence-corrected chi connectivity index (χ1v) is 6.57. The zero-order chi connectivity index (χ0) is 14.7. The Morgan fingerprint density at radius 1 is 1.20 bits per heavy atom. The van der Waals surface area contributed by atoms with E-state index in [1.54, 1.807) is 37.4 Å². The van der Waals surface area contributed by atoms with Gasteiger partial charge in [-0.05, 0) is 24.3 Å². The van der Waals surface area contributed by atoms with E-state index < -0.39 is 10.8 Å². The molecule has 0 N–H and O–H groups in total. The molecule has 0 spiro atoms. The van der Waals surface area contributed by atoms with Crippen molar-refractivity contribution in [3.05, 3.63) is 68.7 Å². The molecule has 0 radical (unpaired) electrons. The molecule has 0 heterocycles. The molecular formula is C14H11BrN2O3. The van der Waals surface area contributed by atoms with Crippen LogP contribution in [0.15, 0.2) is 53.0 Å². The van der Waals surface area contributed by atoms with Crippen molar-refractivity contribution in [1.82, 2.24) is 0 Å². The number of anilines is 1. The van der Waals surface area contributed by atoms with Gasteiger partial charge in [0.05, 0.1) is 4.92 Å². The average Bonchev–Trinajstić information content (AvgIpc) is 2.46. The third-order valence-corrected chi connectivity index (χ3v) is 3.33. The Bertz CT molecular complexity index is 659. The Kier molecular flexibility index (Phi) is 4.14. The van der Waals surface area contributed by atoms with Crippen LogP contribution >= 0.6 is 15.9 Å². The number of carbonyl (C=O) groups excluding carboxylic acids is 1. The lowest BCUT2D eigenvalue weighted by Gasteiger charge is -2.17. The number of carbonyl (C=O) groups is 1. The predicted octanol–water partition coefficient (Wildman–Crippen LogP) is 3.63. The Labute approximate surface area is 124 Å². The molecular weight excluding hydrogens is 324 g/mol. The van der Waals surface area contributed by atoms with E-state index in [4.69, 9.17) is 0 Å². The molecule has 2 rings (SSSR count). The molecule has 0 saturated heterocycles. The minimum absolute atomic E-state index is 0.0598. The van der Waals surface area contributed by atoms with Crippen LogP contribution in [0.1, 0.15) is 10.4 Å². The molecule has 5 nitrogen and oxygen atoms in total. The van der Waals surface area contributed by atoms with Crippen LogP contribution in [-0.2, 0) is 0 Å². The van der Waals surface area contributed by atoms with Gasteiger partial charge in [0, 0.05) is 23.3 Å². The van der Waals surface area contributed by atoms with E-state index in [1.807, 2.05) is 6.07 Å². The van der Waals surface area contributed by atoms with Gasteiger partial charge in [-0.3, -0.25) is 14.9 Å². The van der Waals surface area contributed by atoms with Crippen LogP contribution in [0.25, 0.3) is 0 Å². The summed E-state index contributed by atoms with van der Waals surface area (Å²) in [6.07, 6.45) is 0. The predicted molar refractivity (Wildman–Crippen MR) is 80.0 cm³/mol. The highest BCUT2D eigenvalue weighted by molar-refractivity contribution is 9.10. The van der Waals surface area contributed by atoms with Crippen LogP contribution in [0.5, 0.6) is 0 Å². The van der Waals surface area contributed by atoms with E-state index in [-0.39, 0.29) is 11.3 Å². The SMILES string of the molecule is CN(C(=O)c1ccc(Br)cc1[N+](=O)[O-])c1ccccc1. The van der Waals surface area contributed by atoms with Gasteiger partial charge in [0.25, 0.3) is 11.6 Å². The van der Waals surface area contributed by atoms with Crippen molar-refractivity contribution < 1.29 is 9.72 Å². The average molecular weight is 335 g/mol. The van der Waals surface area contributed by atoms with Gasteiger partial charge in [-0.25, -0.2) is 0 Å². The fourth-order valence-electron chi connectivity index (χ4n) is 1.79. The van der Waals surface area contributed by atoms with E-state index in [0.717, 1.165) is 0 Å². The summed E-state index contributed by atoms with van der Waals surface area (Å²) in [5.41, 5.74) is 0.520. The fraction of sp³-hybridized carbons (Fsp3) is 0.0714. The summed E-state index contributed by atoms with van der Waals surface area (Å²) in [6.45, 7) is 0. The van der Waals surface area contributed by atoms with Gasteiger partial charge in [0.2, 0.25) is 0 Å². The molecule has 0 atom stereocenters. The Hall–Kier alpha value is -2.21. The molecule has 20 heavy (non-hydrogen) atoms. The molecule has 0 unspecified atom stereocenters. The van der Waals surface area contributed by atoms with E-state index in [9.17, 15) is 14.9 Å². The smallest absolute Gasteiger partial charge is 0.283 e. The minimum atomic E-state index is -0.559.